The molecule has 0 atom stereocenters. The molecule has 112 valence electrons. The Morgan fingerprint density at radius 3 is 2.60 bits per heavy atom. The van der Waals surface area contributed by atoms with Crippen molar-refractivity contribution in [1.82, 2.24) is 4.72 Å². The Morgan fingerprint density at radius 1 is 1.40 bits per heavy atom. The molecular weight excluding hydrogens is 280 g/mol. The molecule has 0 heterocycles. The fourth-order valence-corrected chi connectivity index (χ4v) is 3.04. The highest BCUT2D eigenvalue weighted by Crippen LogP contribution is 2.19. The third kappa shape index (κ3) is 4.50. The number of nitrogens with two attached hydrogens (primary N) is 1. The van der Waals surface area contributed by atoms with Crippen LogP contribution in [-0.2, 0) is 10.0 Å². The molecule has 0 aliphatic heterocycles. The van der Waals surface area contributed by atoms with Crippen molar-refractivity contribution in [3.05, 3.63) is 23.8 Å². The zero-order chi connectivity index (χ0) is 15.3. The van der Waals surface area contributed by atoms with Gasteiger partial charge in [-0.3, -0.25) is 0 Å². The van der Waals surface area contributed by atoms with Gasteiger partial charge in [0.25, 0.3) is 0 Å². The Kier molecular flexibility index (Phi) is 5.52. The van der Waals surface area contributed by atoms with E-state index in [1.54, 1.807) is 0 Å². The molecule has 20 heavy (non-hydrogen) atoms. The number of nitrogens with one attached hydrogen (secondary N) is 1. The van der Waals surface area contributed by atoms with Crippen LogP contribution in [0.4, 0.5) is 5.69 Å². The fourth-order valence-electron chi connectivity index (χ4n) is 1.73. The van der Waals surface area contributed by atoms with Gasteiger partial charge < -0.3 is 10.8 Å². The maximum atomic E-state index is 12.1. The molecule has 1 aromatic carbocycles. The van der Waals surface area contributed by atoms with E-state index in [-0.39, 0.29) is 22.7 Å². The zero-order valence-corrected chi connectivity index (χ0v) is 12.4. The van der Waals surface area contributed by atoms with Crippen LogP contribution < -0.4 is 10.5 Å². The molecule has 0 fully saturated rings. The van der Waals surface area contributed by atoms with Crippen molar-refractivity contribution in [1.29, 1.82) is 0 Å². The van der Waals surface area contributed by atoms with E-state index in [9.17, 15) is 13.2 Å². The van der Waals surface area contributed by atoms with Gasteiger partial charge in [-0.15, -0.1) is 0 Å². The van der Waals surface area contributed by atoms with Crippen molar-refractivity contribution in [2.45, 2.75) is 31.6 Å². The van der Waals surface area contributed by atoms with E-state index >= 15 is 0 Å². The first-order valence-electron chi connectivity index (χ1n) is 6.36. The summed E-state index contributed by atoms with van der Waals surface area (Å²) in [5, 5.41) is 9.03. The summed E-state index contributed by atoms with van der Waals surface area (Å²) >= 11 is 0. The van der Waals surface area contributed by atoms with Crippen LogP contribution in [0.2, 0.25) is 0 Å². The van der Waals surface area contributed by atoms with Gasteiger partial charge in [0.1, 0.15) is 0 Å². The number of carbonyl (C=O) groups is 1. The normalized spacial score (nSPS) is 11.8. The van der Waals surface area contributed by atoms with Crippen LogP contribution in [0.1, 0.15) is 37.0 Å². The number of carboxylic acids is 1. The molecule has 0 amide bonds. The molecule has 1 aromatic rings. The summed E-state index contributed by atoms with van der Waals surface area (Å²) in [4.78, 5) is 10.8. The second kappa shape index (κ2) is 6.71. The topological polar surface area (TPSA) is 109 Å². The van der Waals surface area contributed by atoms with Gasteiger partial charge in [-0.1, -0.05) is 13.8 Å². The molecule has 0 spiro atoms. The smallest absolute Gasteiger partial charge is 0.337 e. The SMILES string of the molecule is CC(C)CCCNS(=O)(=O)c1cc(N)ccc1C(=O)O. The van der Waals surface area contributed by atoms with E-state index in [0.29, 0.717) is 12.3 Å². The number of sulfonamides is 1. The molecule has 1 rings (SSSR count). The summed E-state index contributed by atoms with van der Waals surface area (Å²) in [6, 6.07) is 3.72. The number of nitrogen functional groups attached to an aromatic ring is 1. The summed E-state index contributed by atoms with van der Waals surface area (Å²) in [5.41, 5.74) is 5.46. The first-order chi connectivity index (χ1) is 9.24. The number of benzene rings is 1. The summed E-state index contributed by atoms with van der Waals surface area (Å²) in [6.07, 6.45) is 1.59. The highest BCUT2D eigenvalue weighted by atomic mass is 32.2. The van der Waals surface area contributed by atoms with Gasteiger partial charge in [-0.2, -0.15) is 0 Å². The van der Waals surface area contributed by atoms with Crippen LogP contribution in [0.5, 0.6) is 0 Å². The molecule has 0 radical (unpaired) electrons. The van der Waals surface area contributed by atoms with E-state index in [4.69, 9.17) is 10.8 Å². The van der Waals surface area contributed by atoms with E-state index in [0.717, 1.165) is 12.5 Å². The largest absolute Gasteiger partial charge is 0.478 e. The lowest BCUT2D eigenvalue weighted by Gasteiger charge is -2.10. The summed E-state index contributed by atoms with van der Waals surface area (Å²) < 4.78 is 26.7. The van der Waals surface area contributed by atoms with Gasteiger partial charge in [0, 0.05) is 12.2 Å². The molecule has 0 bridgehead atoms. The number of rotatable bonds is 7. The lowest BCUT2D eigenvalue weighted by Crippen LogP contribution is -2.27. The van der Waals surface area contributed by atoms with Gasteiger partial charge in [0.2, 0.25) is 10.0 Å². The monoisotopic (exact) mass is 300 g/mol. The third-order valence-corrected chi connectivity index (χ3v) is 4.28. The zero-order valence-electron chi connectivity index (χ0n) is 11.6. The Bertz CT molecular complexity index is 582. The van der Waals surface area contributed by atoms with E-state index in [1.807, 2.05) is 0 Å². The fraction of sp³-hybridized carbons (Fsp3) is 0.462. The second-order valence-corrected chi connectivity index (χ2v) is 6.73. The van der Waals surface area contributed by atoms with Gasteiger partial charge in [0.15, 0.2) is 0 Å². The van der Waals surface area contributed by atoms with E-state index in [1.165, 1.54) is 12.1 Å². The Morgan fingerprint density at radius 2 is 2.05 bits per heavy atom. The first-order valence-corrected chi connectivity index (χ1v) is 7.85. The van der Waals surface area contributed by atoms with Gasteiger partial charge >= 0.3 is 5.97 Å². The summed E-state index contributed by atoms with van der Waals surface area (Å²) in [7, 11) is -3.87. The molecular formula is C13H20N2O4S. The predicted octanol–water partition coefficient (Wildman–Crippen LogP) is 1.68. The molecule has 6 nitrogen and oxygen atoms in total. The van der Waals surface area contributed by atoms with Crippen molar-refractivity contribution in [3.8, 4) is 0 Å². The van der Waals surface area contributed by atoms with Crippen LogP contribution >= 0.6 is 0 Å². The molecule has 0 aromatic heterocycles. The number of carboxylic acid groups (broad SMARTS) is 1. The predicted molar refractivity (Wildman–Crippen MR) is 77.1 cm³/mol. The lowest BCUT2D eigenvalue weighted by atomic mass is 10.1. The van der Waals surface area contributed by atoms with Gasteiger partial charge in [0.05, 0.1) is 10.5 Å². The van der Waals surface area contributed by atoms with Crippen molar-refractivity contribution in [2.75, 3.05) is 12.3 Å². The number of hydrogen-bond donors (Lipinski definition) is 3. The van der Waals surface area contributed by atoms with Crippen LogP contribution in [-0.4, -0.2) is 26.0 Å². The van der Waals surface area contributed by atoms with Crippen molar-refractivity contribution < 1.29 is 18.3 Å². The minimum Gasteiger partial charge on any atom is -0.478 e. The molecule has 7 heteroatoms. The van der Waals surface area contributed by atoms with Crippen LogP contribution in [0.15, 0.2) is 23.1 Å². The maximum absolute atomic E-state index is 12.1. The van der Waals surface area contributed by atoms with Crippen LogP contribution in [0, 0.1) is 5.92 Å². The van der Waals surface area contributed by atoms with Crippen molar-refractivity contribution in [3.63, 3.8) is 0 Å². The second-order valence-electron chi connectivity index (χ2n) is 4.99. The van der Waals surface area contributed by atoms with Gasteiger partial charge in [-0.05, 0) is 37.0 Å². The molecule has 4 N–H and O–H groups in total. The summed E-state index contributed by atoms with van der Waals surface area (Å²) in [6.45, 7) is 4.37. The van der Waals surface area contributed by atoms with Crippen molar-refractivity contribution >= 4 is 21.7 Å². The van der Waals surface area contributed by atoms with Gasteiger partial charge in [-0.25, -0.2) is 17.9 Å². The van der Waals surface area contributed by atoms with Crippen LogP contribution in [0.3, 0.4) is 0 Å². The standard InChI is InChI=1S/C13H20N2O4S/c1-9(2)4-3-7-15-20(18,19)12-8-10(14)5-6-11(12)13(16)17/h5-6,8-9,15H,3-4,7,14H2,1-2H3,(H,16,17). The number of hydrogen-bond acceptors (Lipinski definition) is 4. The maximum Gasteiger partial charge on any atom is 0.337 e. The molecule has 0 unspecified atom stereocenters. The first kappa shape index (κ1) is 16.5. The molecule has 0 aliphatic rings. The Balaban J connectivity index is 2.92. The Hall–Kier alpha value is -1.60. The average Bonchev–Trinajstić information content (AvgIpc) is 2.34. The highest BCUT2D eigenvalue weighted by Gasteiger charge is 2.22. The van der Waals surface area contributed by atoms with E-state index in [2.05, 4.69) is 18.6 Å². The highest BCUT2D eigenvalue weighted by molar-refractivity contribution is 7.89. The van der Waals surface area contributed by atoms with Crippen molar-refractivity contribution in [2.24, 2.45) is 5.92 Å². The minimum atomic E-state index is -3.87. The molecule has 0 saturated heterocycles. The molecule has 0 saturated carbocycles. The minimum absolute atomic E-state index is 0.206. The van der Waals surface area contributed by atoms with Crippen LogP contribution in [0.25, 0.3) is 0 Å². The number of anilines is 1. The quantitative estimate of drug-likeness (QED) is 0.524. The molecule has 0 aliphatic carbocycles. The lowest BCUT2D eigenvalue weighted by molar-refractivity contribution is 0.0692. The summed E-state index contributed by atoms with van der Waals surface area (Å²) in [5.74, 6) is -0.811. The Labute approximate surface area is 119 Å². The van der Waals surface area contributed by atoms with E-state index < -0.39 is 16.0 Å². The number of aromatic carboxylic acids is 1. The third-order valence-electron chi connectivity index (χ3n) is 2.78. The average molecular weight is 300 g/mol.